The first kappa shape index (κ1) is 12.2. The van der Waals surface area contributed by atoms with E-state index in [9.17, 15) is 0 Å². The number of hydrogen-bond acceptors (Lipinski definition) is 1. The van der Waals surface area contributed by atoms with E-state index in [4.69, 9.17) is 23.2 Å². The molecule has 1 aliphatic carbocycles. The minimum absolute atomic E-state index is 0.222. The summed E-state index contributed by atoms with van der Waals surface area (Å²) in [5, 5.41) is 0.962. The zero-order valence-corrected chi connectivity index (χ0v) is 10.8. The predicted molar refractivity (Wildman–Crippen MR) is 69.2 cm³/mol. The molecule has 0 aromatic carbocycles. The van der Waals surface area contributed by atoms with Gasteiger partial charge in [-0.25, -0.2) is 0 Å². The Morgan fingerprint density at radius 1 is 1.31 bits per heavy atom. The van der Waals surface area contributed by atoms with Crippen molar-refractivity contribution in [1.29, 1.82) is 0 Å². The van der Waals surface area contributed by atoms with Crippen LogP contribution < -0.4 is 0 Å². The number of rotatable bonds is 3. The summed E-state index contributed by atoms with van der Waals surface area (Å²) in [4.78, 5) is 3.99. The second-order valence-corrected chi connectivity index (χ2v) is 5.55. The molecule has 1 aliphatic rings. The van der Waals surface area contributed by atoms with Crippen LogP contribution in [0.2, 0.25) is 5.02 Å². The fourth-order valence-electron chi connectivity index (χ4n) is 2.44. The van der Waals surface area contributed by atoms with Crippen LogP contribution in [-0.2, 0) is 6.42 Å². The summed E-state index contributed by atoms with van der Waals surface area (Å²) < 4.78 is 0. The van der Waals surface area contributed by atoms with Crippen molar-refractivity contribution in [3.8, 4) is 0 Å². The fraction of sp³-hybridized carbons (Fsp3) is 0.615. The van der Waals surface area contributed by atoms with Gasteiger partial charge in [0.25, 0.3) is 0 Å². The highest BCUT2D eigenvalue weighted by atomic mass is 35.5. The molecule has 1 aromatic heterocycles. The second kappa shape index (κ2) is 5.88. The van der Waals surface area contributed by atoms with Gasteiger partial charge in [0.2, 0.25) is 0 Å². The van der Waals surface area contributed by atoms with E-state index in [1.165, 1.54) is 32.1 Å². The number of alkyl halides is 1. The summed E-state index contributed by atoms with van der Waals surface area (Å²) in [6.07, 6.45) is 10.9. The Kier molecular flexibility index (Phi) is 4.48. The van der Waals surface area contributed by atoms with Gasteiger partial charge in [0.05, 0.1) is 5.02 Å². The molecule has 0 saturated heterocycles. The van der Waals surface area contributed by atoms with Gasteiger partial charge in [-0.3, -0.25) is 4.98 Å². The highest BCUT2D eigenvalue weighted by Crippen LogP contribution is 2.31. The predicted octanol–water partition coefficient (Wildman–Crippen LogP) is 4.47. The van der Waals surface area contributed by atoms with Gasteiger partial charge in [-0.1, -0.05) is 30.9 Å². The van der Waals surface area contributed by atoms with Crippen molar-refractivity contribution >= 4 is 23.2 Å². The third-order valence-electron chi connectivity index (χ3n) is 3.43. The molecule has 2 rings (SSSR count). The second-order valence-electron chi connectivity index (χ2n) is 4.59. The highest BCUT2D eigenvalue weighted by molar-refractivity contribution is 6.31. The molecule has 0 amide bonds. The molecule has 1 saturated carbocycles. The Hall–Kier alpha value is -0.270. The lowest BCUT2D eigenvalue weighted by molar-refractivity contribution is 0.344. The van der Waals surface area contributed by atoms with Crippen LogP contribution >= 0.6 is 23.2 Å². The largest absolute Gasteiger partial charge is 0.263 e. The van der Waals surface area contributed by atoms with Crippen molar-refractivity contribution < 1.29 is 0 Å². The molecule has 0 radical (unpaired) electrons. The minimum Gasteiger partial charge on any atom is -0.263 e. The first-order chi connectivity index (χ1) is 7.77. The molecule has 1 fully saturated rings. The molecule has 88 valence electrons. The summed E-state index contributed by atoms with van der Waals surface area (Å²) in [5.74, 6) is 0.666. The maximum atomic E-state index is 6.49. The fourth-order valence-corrected chi connectivity index (χ4v) is 3.06. The lowest BCUT2D eigenvalue weighted by Gasteiger charge is -2.26. The molecular weight excluding hydrogens is 241 g/mol. The van der Waals surface area contributed by atoms with E-state index in [1.54, 1.807) is 12.4 Å². The molecular formula is C13H17Cl2N. The van der Waals surface area contributed by atoms with Crippen molar-refractivity contribution in [3.05, 3.63) is 29.0 Å². The van der Waals surface area contributed by atoms with Crippen LogP contribution in [-0.4, -0.2) is 10.4 Å². The Labute approximate surface area is 107 Å². The number of aromatic nitrogens is 1. The van der Waals surface area contributed by atoms with Crippen LogP contribution in [0, 0.1) is 5.92 Å². The Bertz CT molecular complexity index is 334. The van der Waals surface area contributed by atoms with Gasteiger partial charge in [0.15, 0.2) is 0 Å². The molecule has 1 nitrogen and oxygen atoms in total. The van der Waals surface area contributed by atoms with Crippen LogP contribution in [0.4, 0.5) is 0 Å². The zero-order chi connectivity index (χ0) is 11.4. The monoisotopic (exact) mass is 257 g/mol. The average molecular weight is 258 g/mol. The molecule has 1 atom stereocenters. The van der Waals surface area contributed by atoms with Crippen molar-refractivity contribution in [2.45, 2.75) is 43.9 Å². The van der Waals surface area contributed by atoms with Crippen LogP contribution in [0.15, 0.2) is 18.5 Å². The molecule has 1 unspecified atom stereocenters. The molecule has 1 aromatic rings. The van der Waals surface area contributed by atoms with Gasteiger partial charge in [-0.15, -0.1) is 11.6 Å². The average Bonchev–Trinajstić information content (AvgIpc) is 2.33. The van der Waals surface area contributed by atoms with E-state index in [0.717, 1.165) is 17.0 Å². The van der Waals surface area contributed by atoms with E-state index in [-0.39, 0.29) is 5.38 Å². The standard InChI is InChI=1S/C13H17Cl2N/c14-12(10-4-2-1-3-5-10)8-11-6-7-16-9-13(11)15/h6-7,9-10,12H,1-5,8H2. The molecule has 3 heteroatoms. The molecule has 0 spiro atoms. The lowest BCUT2D eigenvalue weighted by atomic mass is 9.85. The topological polar surface area (TPSA) is 12.9 Å². The van der Waals surface area contributed by atoms with Crippen molar-refractivity contribution in [3.63, 3.8) is 0 Å². The Balaban J connectivity index is 1.96. The normalized spacial score (nSPS) is 19.6. The van der Waals surface area contributed by atoms with Crippen LogP contribution in [0.1, 0.15) is 37.7 Å². The van der Waals surface area contributed by atoms with Gasteiger partial charge in [-0.05, 0) is 36.8 Å². The van der Waals surface area contributed by atoms with Crippen molar-refractivity contribution in [2.75, 3.05) is 0 Å². The molecule has 0 aliphatic heterocycles. The lowest BCUT2D eigenvalue weighted by Crippen LogP contribution is -2.20. The van der Waals surface area contributed by atoms with E-state index >= 15 is 0 Å². The SMILES string of the molecule is Clc1cnccc1CC(Cl)C1CCCCC1. The van der Waals surface area contributed by atoms with Gasteiger partial charge < -0.3 is 0 Å². The summed E-state index contributed by atoms with van der Waals surface area (Å²) in [6.45, 7) is 0. The van der Waals surface area contributed by atoms with Crippen LogP contribution in [0.25, 0.3) is 0 Å². The maximum Gasteiger partial charge on any atom is 0.0621 e. The summed E-state index contributed by atoms with van der Waals surface area (Å²) in [7, 11) is 0. The summed E-state index contributed by atoms with van der Waals surface area (Å²) in [6, 6.07) is 1.97. The maximum absolute atomic E-state index is 6.49. The van der Waals surface area contributed by atoms with E-state index in [2.05, 4.69) is 4.98 Å². The highest BCUT2D eigenvalue weighted by Gasteiger charge is 2.22. The minimum atomic E-state index is 0.222. The smallest absolute Gasteiger partial charge is 0.0621 e. The summed E-state index contributed by atoms with van der Waals surface area (Å²) in [5.41, 5.74) is 1.13. The Morgan fingerprint density at radius 3 is 2.75 bits per heavy atom. The van der Waals surface area contributed by atoms with Gasteiger partial charge in [0, 0.05) is 17.8 Å². The first-order valence-electron chi connectivity index (χ1n) is 6.00. The number of halogens is 2. The van der Waals surface area contributed by atoms with Crippen molar-refractivity contribution in [2.24, 2.45) is 5.92 Å². The van der Waals surface area contributed by atoms with Crippen LogP contribution in [0.3, 0.4) is 0 Å². The molecule has 16 heavy (non-hydrogen) atoms. The number of nitrogens with zero attached hydrogens (tertiary/aromatic N) is 1. The van der Waals surface area contributed by atoms with Gasteiger partial charge in [-0.2, -0.15) is 0 Å². The molecule has 1 heterocycles. The summed E-state index contributed by atoms with van der Waals surface area (Å²) >= 11 is 12.6. The quantitative estimate of drug-likeness (QED) is 0.729. The molecule has 0 bridgehead atoms. The van der Waals surface area contributed by atoms with E-state index in [1.807, 2.05) is 6.07 Å². The van der Waals surface area contributed by atoms with Crippen LogP contribution in [0.5, 0.6) is 0 Å². The Morgan fingerprint density at radius 2 is 2.06 bits per heavy atom. The van der Waals surface area contributed by atoms with E-state index in [0.29, 0.717) is 5.92 Å². The van der Waals surface area contributed by atoms with E-state index < -0.39 is 0 Å². The van der Waals surface area contributed by atoms with Gasteiger partial charge >= 0.3 is 0 Å². The van der Waals surface area contributed by atoms with Gasteiger partial charge in [0.1, 0.15) is 0 Å². The first-order valence-corrected chi connectivity index (χ1v) is 6.81. The molecule has 0 N–H and O–H groups in total. The number of pyridine rings is 1. The number of hydrogen-bond donors (Lipinski definition) is 0. The third kappa shape index (κ3) is 3.11. The zero-order valence-electron chi connectivity index (χ0n) is 9.33. The third-order valence-corrected chi connectivity index (χ3v) is 4.28. The van der Waals surface area contributed by atoms with Crippen molar-refractivity contribution in [1.82, 2.24) is 4.98 Å².